The summed E-state index contributed by atoms with van der Waals surface area (Å²) in [6.45, 7) is 3.85. The Kier molecular flexibility index (Phi) is 5.08. The molecule has 0 atom stereocenters. The van der Waals surface area contributed by atoms with Crippen LogP contribution < -0.4 is 10.6 Å². The van der Waals surface area contributed by atoms with Crippen molar-refractivity contribution in [3.8, 4) is 0 Å². The number of aryl methyl sites for hydroxylation is 1. The van der Waals surface area contributed by atoms with Gasteiger partial charge in [0, 0.05) is 23.3 Å². The van der Waals surface area contributed by atoms with Crippen LogP contribution in [-0.2, 0) is 4.79 Å². The number of hydrogen-bond donors (Lipinski definition) is 3. The van der Waals surface area contributed by atoms with E-state index in [4.69, 9.17) is 5.41 Å². The van der Waals surface area contributed by atoms with E-state index in [9.17, 15) is 4.79 Å². The Bertz CT molecular complexity index is 922. The van der Waals surface area contributed by atoms with E-state index in [1.165, 1.54) is 0 Å². The molecule has 0 bridgehead atoms. The molecule has 2 aromatic rings. The minimum Gasteiger partial charge on any atom is -0.339 e. The zero-order valence-corrected chi connectivity index (χ0v) is 14.7. The molecular weight excluding hydrogens is 324 g/mol. The summed E-state index contributed by atoms with van der Waals surface area (Å²) in [7, 11) is 0. The van der Waals surface area contributed by atoms with Crippen LogP contribution in [0.4, 0.5) is 5.69 Å². The molecule has 1 aliphatic rings. The number of amides is 1. The Hall–Kier alpha value is -3.47. The van der Waals surface area contributed by atoms with Crippen molar-refractivity contribution in [2.45, 2.75) is 13.8 Å². The van der Waals surface area contributed by atoms with Gasteiger partial charge in [-0.05, 0) is 37.6 Å². The Morgan fingerprint density at radius 3 is 2.42 bits per heavy atom. The fourth-order valence-electron chi connectivity index (χ4n) is 2.59. The number of rotatable bonds is 4. The van der Waals surface area contributed by atoms with Gasteiger partial charge < -0.3 is 16.0 Å². The zero-order chi connectivity index (χ0) is 18.5. The highest BCUT2D eigenvalue weighted by atomic mass is 16.1. The largest absolute Gasteiger partial charge is 0.339 e. The molecule has 0 aromatic heterocycles. The van der Waals surface area contributed by atoms with Crippen molar-refractivity contribution in [2.75, 3.05) is 5.32 Å². The van der Waals surface area contributed by atoms with Gasteiger partial charge in [0.2, 0.25) is 0 Å². The van der Waals surface area contributed by atoms with Gasteiger partial charge in [-0.3, -0.25) is 4.79 Å². The highest BCUT2D eigenvalue weighted by molar-refractivity contribution is 6.18. The number of benzene rings is 2. The van der Waals surface area contributed by atoms with Gasteiger partial charge in [-0.15, -0.1) is 0 Å². The average molecular weight is 344 g/mol. The maximum atomic E-state index is 12.6. The fraction of sp³-hybridized carbons (Fsp3) is 0.0952. The standard InChI is InChI=1S/C21H20N4O/c1-14-8-10-17(11-9-14)24-21(26)18(13-22)20-23-15(2)12-19(25-20)16-6-4-3-5-7-16/h3-13,22,25H,1-2H3,(H,24,26)/b20-18+,22-13?. The quantitative estimate of drug-likeness (QED) is 0.581. The molecule has 5 nitrogen and oxygen atoms in total. The third kappa shape index (κ3) is 3.95. The first-order valence-corrected chi connectivity index (χ1v) is 8.29. The summed E-state index contributed by atoms with van der Waals surface area (Å²) < 4.78 is 0. The van der Waals surface area contributed by atoms with Gasteiger partial charge in [0.05, 0.1) is 5.57 Å². The zero-order valence-electron chi connectivity index (χ0n) is 14.7. The van der Waals surface area contributed by atoms with Gasteiger partial charge in [0.15, 0.2) is 0 Å². The van der Waals surface area contributed by atoms with Crippen molar-refractivity contribution in [3.63, 3.8) is 0 Å². The fourth-order valence-corrected chi connectivity index (χ4v) is 2.59. The van der Waals surface area contributed by atoms with E-state index < -0.39 is 0 Å². The van der Waals surface area contributed by atoms with Crippen LogP contribution in [0.3, 0.4) is 0 Å². The van der Waals surface area contributed by atoms with E-state index in [1.807, 2.05) is 74.5 Å². The predicted molar refractivity (Wildman–Crippen MR) is 106 cm³/mol. The lowest BCUT2D eigenvalue weighted by molar-refractivity contribution is -0.112. The number of carbonyl (C=O) groups is 1. The first kappa shape index (κ1) is 17.4. The Labute approximate surface area is 152 Å². The smallest absolute Gasteiger partial charge is 0.260 e. The lowest BCUT2D eigenvalue weighted by Crippen LogP contribution is -2.24. The lowest BCUT2D eigenvalue weighted by Gasteiger charge is -2.19. The molecule has 0 saturated heterocycles. The van der Waals surface area contributed by atoms with E-state index in [-0.39, 0.29) is 11.5 Å². The summed E-state index contributed by atoms with van der Waals surface area (Å²) in [4.78, 5) is 17.0. The summed E-state index contributed by atoms with van der Waals surface area (Å²) in [5, 5.41) is 13.7. The lowest BCUT2D eigenvalue weighted by atomic mass is 10.1. The van der Waals surface area contributed by atoms with Gasteiger partial charge in [-0.1, -0.05) is 48.0 Å². The molecule has 1 amide bonds. The summed E-state index contributed by atoms with van der Waals surface area (Å²) in [6.07, 6.45) is 2.94. The number of nitrogens with zero attached hydrogens (tertiary/aromatic N) is 1. The molecule has 1 aliphatic heterocycles. The number of nitrogens with one attached hydrogen (secondary N) is 3. The van der Waals surface area contributed by atoms with E-state index in [1.54, 1.807) is 0 Å². The minimum absolute atomic E-state index is 0.173. The second-order valence-electron chi connectivity index (χ2n) is 6.03. The predicted octanol–water partition coefficient (Wildman–Crippen LogP) is 3.90. The van der Waals surface area contributed by atoms with E-state index >= 15 is 0 Å². The molecular formula is C21H20N4O. The SMILES string of the molecule is CC1=N/C(=C(/C=N)C(=O)Nc2ccc(C)cc2)NC(c2ccccc2)=C1. The second kappa shape index (κ2) is 7.61. The van der Waals surface area contributed by atoms with Crippen LogP contribution >= 0.6 is 0 Å². The third-order valence-electron chi connectivity index (χ3n) is 3.93. The first-order chi connectivity index (χ1) is 12.6. The van der Waals surface area contributed by atoms with Crippen LogP contribution in [0.15, 0.2) is 77.1 Å². The highest BCUT2D eigenvalue weighted by Crippen LogP contribution is 2.20. The molecule has 130 valence electrons. The van der Waals surface area contributed by atoms with Crippen LogP contribution in [0.5, 0.6) is 0 Å². The van der Waals surface area contributed by atoms with Gasteiger partial charge in [0.1, 0.15) is 5.82 Å². The van der Waals surface area contributed by atoms with Gasteiger partial charge in [-0.2, -0.15) is 0 Å². The molecule has 3 rings (SSSR count). The van der Waals surface area contributed by atoms with Crippen molar-refractivity contribution >= 4 is 29.2 Å². The summed E-state index contributed by atoms with van der Waals surface area (Å²) >= 11 is 0. The highest BCUT2D eigenvalue weighted by Gasteiger charge is 2.18. The van der Waals surface area contributed by atoms with Crippen molar-refractivity contribution in [2.24, 2.45) is 4.99 Å². The molecule has 0 radical (unpaired) electrons. The molecule has 2 aromatic carbocycles. The molecule has 0 saturated carbocycles. The van der Waals surface area contributed by atoms with Gasteiger partial charge in [0.25, 0.3) is 5.91 Å². The van der Waals surface area contributed by atoms with Crippen LogP contribution in [-0.4, -0.2) is 17.8 Å². The molecule has 0 unspecified atom stereocenters. The van der Waals surface area contributed by atoms with Crippen molar-refractivity contribution in [1.82, 2.24) is 5.32 Å². The number of aliphatic imine (C=N–C) groups is 1. The molecule has 0 aliphatic carbocycles. The monoisotopic (exact) mass is 344 g/mol. The van der Waals surface area contributed by atoms with E-state index in [2.05, 4.69) is 15.6 Å². The molecule has 26 heavy (non-hydrogen) atoms. The Balaban J connectivity index is 1.89. The van der Waals surface area contributed by atoms with Gasteiger partial charge >= 0.3 is 0 Å². The molecule has 0 spiro atoms. The van der Waals surface area contributed by atoms with Gasteiger partial charge in [-0.25, -0.2) is 4.99 Å². The number of allylic oxidation sites excluding steroid dienone is 1. The average Bonchev–Trinajstić information content (AvgIpc) is 2.64. The Morgan fingerprint density at radius 2 is 1.77 bits per heavy atom. The minimum atomic E-state index is -0.378. The van der Waals surface area contributed by atoms with Crippen LogP contribution in [0.2, 0.25) is 0 Å². The normalized spacial score (nSPS) is 15.3. The molecule has 3 N–H and O–H groups in total. The number of carbonyl (C=O) groups excluding carboxylic acids is 1. The van der Waals surface area contributed by atoms with Crippen molar-refractivity contribution < 1.29 is 4.79 Å². The second-order valence-corrected chi connectivity index (χ2v) is 6.03. The van der Waals surface area contributed by atoms with E-state index in [0.29, 0.717) is 11.5 Å². The maximum Gasteiger partial charge on any atom is 0.260 e. The molecule has 1 heterocycles. The maximum absolute atomic E-state index is 12.6. The van der Waals surface area contributed by atoms with Crippen molar-refractivity contribution in [3.05, 3.63) is 83.2 Å². The summed E-state index contributed by atoms with van der Waals surface area (Å²) in [5.74, 6) is -0.0133. The summed E-state index contributed by atoms with van der Waals surface area (Å²) in [6, 6.07) is 17.3. The third-order valence-corrected chi connectivity index (χ3v) is 3.93. The van der Waals surface area contributed by atoms with Crippen LogP contribution in [0.1, 0.15) is 18.1 Å². The van der Waals surface area contributed by atoms with E-state index in [0.717, 1.165) is 28.8 Å². The van der Waals surface area contributed by atoms with Crippen molar-refractivity contribution in [1.29, 1.82) is 5.41 Å². The first-order valence-electron chi connectivity index (χ1n) is 8.29. The number of hydrogen-bond acceptors (Lipinski definition) is 4. The Morgan fingerprint density at radius 1 is 1.08 bits per heavy atom. The van der Waals surface area contributed by atoms with Crippen LogP contribution in [0.25, 0.3) is 5.70 Å². The molecule has 5 heteroatoms. The topological polar surface area (TPSA) is 77.3 Å². The number of anilines is 1. The molecule has 0 fully saturated rings. The summed E-state index contributed by atoms with van der Waals surface area (Å²) in [5.41, 5.74) is 4.56. The van der Waals surface area contributed by atoms with Crippen LogP contribution in [0, 0.1) is 12.3 Å².